The summed E-state index contributed by atoms with van der Waals surface area (Å²) in [5.74, 6) is 0.973. The third-order valence-corrected chi connectivity index (χ3v) is 4.97. The van der Waals surface area contributed by atoms with E-state index < -0.39 is 5.54 Å². The van der Waals surface area contributed by atoms with E-state index >= 15 is 0 Å². The Kier molecular flexibility index (Phi) is 7.06. The minimum atomic E-state index is -0.586. The fourth-order valence-corrected chi connectivity index (χ4v) is 3.48. The fraction of sp³-hybridized carbons (Fsp3) is 0.474. The zero-order valence-corrected chi connectivity index (χ0v) is 16.2. The van der Waals surface area contributed by atoms with Gasteiger partial charge in [-0.25, -0.2) is 0 Å². The van der Waals surface area contributed by atoms with Crippen LogP contribution in [0.1, 0.15) is 25.3 Å². The molecular formula is C19H27ClN4O2. The average Bonchev–Trinajstić information content (AvgIpc) is 3.22. The number of carbonyl (C=O) groups excluding carboxylic acids is 1. The highest BCUT2D eigenvalue weighted by atomic mass is 35.5. The zero-order valence-electron chi connectivity index (χ0n) is 15.4. The second kappa shape index (κ2) is 9.05. The number of amides is 1. The van der Waals surface area contributed by atoms with Crippen molar-refractivity contribution in [3.63, 3.8) is 0 Å². The van der Waals surface area contributed by atoms with Crippen LogP contribution >= 0.6 is 12.4 Å². The summed E-state index contributed by atoms with van der Waals surface area (Å²) in [4.78, 5) is 15.4. The summed E-state index contributed by atoms with van der Waals surface area (Å²) in [5.41, 5.74) is 0.512. The minimum Gasteiger partial charge on any atom is -0.497 e. The molecule has 1 saturated heterocycles. The van der Waals surface area contributed by atoms with Crippen molar-refractivity contribution in [3.05, 3.63) is 48.3 Å². The van der Waals surface area contributed by atoms with Crippen molar-refractivity contribution in [2.75, 3.05) is 26.7 Å². The maximum Gasteiger partial charge on any atom is 0.250 e. The molecule has 0 unspecified atom stereocenters. The molecule has 26 heavy (non-hydrogen) atoms. The first-order valence-electron chi connectivity index (χ1n) is 8.83. The van der Waals surface area contributed by atoms with E-state index in [1.165, 1.54) is 0 Å². The quantitative estimate of drug-likeness (QED) is 0.838. The SMILES string of the molecule is CCN(Cc1ccc(OC)cc1)C(=O)C1(n2cccn2)CCNCC1.Cl. The predicted octanol–water partition coefficient (Wildman–Crippen LogP) is 2.44. The summed E-state index contributed by atoms with van der Waals surface area (Å²) in [6.07, 6.45) is 5.17. The lowest BCUT2D eigenvalue weighted by Crippen LogP contribution is -2.55. The maximum atomic E-state index is 13.5. The largest absolute Gasteiger partial charge is 0.497 e. The van der Waals surface area contributed by atoms with Gasteiger partial charge in [-0.15, -0.1) is 12.4 Å². The summed E-state index contributed by atoms with van der Waals surface area (Å²) >= 11 is 0. The number of ether oxygens (including phenoxy) is 1. The molecule has 2 heterocycles. The number of hydrogen-bond donors (Lipinski definition) is 1. The van der Waals surface area contributed by atoms with Crippen molar-refractivity contribution in [1.82, 2.24) is 20.0 Å². The molecule has 1 N–H and O–H groups in total. The van der Waals surface area contributed by atoms with E-state index in [0.29, 0.717) is 13.1 Å². The van der Waals surface area contributed by atoms with Crippen LogP contribution in [0.3, 0.4) is 0 Å². The second-order valence-corrected chi connectivity index (χ2v) is 6.40. The Balaban J connectivity index is 0.00000243. The second-order valence-electron chi connectivity index (χ2n) is 6.40. The van der Waals surface area contributed by atoms with Crippen LogP contribution in [0.2, 0.25) is 0 Å². The number of halogens is 1. The van der Waals surface area contributed by atoms with E-state index in [4.69, 9.17) is 4.74 Å². The maximum absolute atomic E-state index is 13.5. The molecule has 1 fully saturated rings. The Bertz CT molecular complexity index is 682. The summed E-state index contributed by atoms with van der Waals surface area (Å²) in [7, 11) is 1.65. The van der Waals surface area contributed by atoms with E-state index in [2.05, 4.69) is 10.4 Å². The van der Waals surface area contributed by atoms with E-state index in [0.717, 1.165) is 37.2 Å². The molecule has 0 bridgehead atoms. The number of piperidine rings is 1. The van der Waals surface area contributed by atoms with Gasteiger partial charge in [0, 0.05) is 25.5 Å². The van der Waals surface area contributed by atoms with Crippen LogP contribution in [-0.4, -0.2) is 47.3 Å². The van der Waals surface area contributed by atoms with Crippen LogP contribution in [0.25, 0.3) is 0 Å². The van der Waals surface area contributed by atoms with Crippen molar-refractivity contribution < 1.29 is 9.53 Å². The van der Waals surface area contributed by atoms with Crippen molar-refractivity contribution in [1.29, 1.82) is 0 Å². The Hall–Kier alpha value is -2.05. The summed E-state index contributed by atoms with van der Waals surface area (Å²) in [6, 6.07) is 9.77. The lowest BCUT2D eigenvalue weighted by Gasteiger charge is -2.40. The standard InChI is InChI=1S/C19H26N4O2.ClH/c1-3-22(15-16-5-7-17(25-2)8-6-16)18(24)19(9-12-20-13-10-19)23-14-4-11-21-23;/h4-8,11,14,20H,3,9-10,12-13,15H2,1-2H3;1H. The number of rotatable bonds is 6. The average molecular weight is 379 g/mol. The van der Waals surface area contributed by atoms with E-state index in [-0.39, 0.29) is 18.3 Å². The number of methoxy groups -OCH3 is 1. The van der Waals surface area contributed by atoms with Gasteiger partial charge in [-0.3, -0.25) is 9.48 Å². The number of carbonyl (C=O) groups is 1. The number of likely N-dealkylation sites (N-methyl/N-ethyl adjacent to an activating group) is 1. The number of aromatic nitrogens is 2. The van der Waals surface area contributed by atoms with Gasteiger partial charge >= 0.3 is 0 Å². The van der Waals surface area contributed by atoms with E-state index in [1.807, 2.05) is 53.0 Å². The van der Waals surface area contributed by atoms with E-state index in [1.54, 1.807) is 13.3 Å². The van der Waals surface area contributed by atoms with Crippen molar-refractivity contribution in [2.24, 2.45) is 0 Å². The molecule has 1 aliphatic heterocycles. The molecule has 7 heteroatoms. The molecule has 1 aromatic heterocycles. The molecule has 0 radical (unpaired) electrons. The first kappa shape index (κ1) is 20.3. The monoisotopic (exact) mass is 378 g/mol. The van der Waals surface area contributed by atoms with Crippen LogP contribution < -0.4 is 10.1 Å². The zero-order chi connectivity index (χ0) is 17.7. The highest BCUT2D eigenvalue weighted by Gasteiger charge is 2.44. The summed E-state index contributed by atoms with van der Waals surface area (Å²) < 4.78 is 7.06. The first-order valence-corrected chi connectivity index (χ1v) is 8.83. The van der Waals surface area contributed by atoms with Gasteiger partial charge in [0.15, 0.2) is 0 Å². The Labute approximate surface area is 160 Å². The topological polar surface area (TPSA) is 59.4 Å². The summed E-state index contributed by atoms with van der Waals surface area (Å²) in [6.45, 7) is 4.94. The fourth-order valence-electron chi connectivity index (χ4n) is 3.48. The van der Waals surface area contributed by atoms with Crippen LogP contribution in [-0.2, 0) is 16.9 Å². The van der Waals surface area contributed by atoms with Gasteiger partial charge in [-0.1, -0.05) is 12.1 Å². The predicted molar refractivity (Wildman–Crippen MR) is 104 cm³/mol. The number of nitrogens with one attached hydrogen (secondary N) is 1. The van der Waals surface area contributed by atoms with Gasteiger partial charge in [0.05, 0.1) is 7.11 Å². The van der Waals surface area contributed by atoms with Gasteiger partial charge < -0.3 is 15.0 Å². The van der Waals surface area contributed by atoms with Crippen LogP contribution in [0.4, 0.5) is 0 Å². The molecule has 1 aliphatic rings. The molecule has 1 amide bonds. The molecule has 3 rings (SSSR count). The van der Waals surface area contributed by atoms with Crippen molar-refractivity contribution >= 4 is 18.3 Å². The Morgan fingerprint density at radius 3 is 2.54 bits per heavy atom. The normalized spacial score (nSPS) is 15.8. The van der Waals surface area contributed by atoms with Crippen LogP contribution in [0.15, 0.2) is 42.7 Å². The van der Waals surface area contributed by atoms with E-state index in [9.17, 15) is 4.79 Å². The van der Waals surface area contributed by atoms with Crippen LogP contribution in [0, 0.1) is 0 Å². The van der Waals surface area contributed by atoms with Gasteiger partial charge in [0.25, 0.3) is 5.91 Å². The van der Waals surface area contributed by atoms with Gasteiger partial charge in [-0.2, -0.15) is 5.10 Å². The molecular weight excluding hydrogens is 352 g/mol. The molecule has 0 atom stereocenters. The molecule has 0 saturated carbocycles. The highest BCUT2D eigenvalue weighted by Crippen LogP contribution is 2.30. The van der Waals surface area contributed by atoms with Gasteiger partial charge in [0.2, 0.25) is 0 Å². The Morgan fingerprint density at radius 1 is 1.31 bits per heavy atom. The number of hydrogen-bond acceptors (Lipinski definition) is 4. The van der Waals surface area contributed by atoms with Crippen LogP contribution in [0.5, 0.6) is 5.75 Å². The third-order valence-electron chi connectivity index (χ3n) is 4.97. The van der Waals surface area contributed by atoms with Gasteiger partial charge in [-0.05, 0) is 56.6 Å². The first-order chi connectivity index (χ1) is 12.2. The minimum absolute atomic E-state index is 0. The third kappa shape index (κ3) is 4.02. The van der Waals surface area contributed by atoms with Gasteiger partial charge in [0.1, 0.15) is 11.3 Å². The van der Waals surface area contributed by atoms with Crippen molar-refractivity contribution in [2.45, 2.75) is 31.8 Å². The molecule has 1 aromatic carbocycles. The number of nitrogens with zero attached hydrogens (tertiary/aromatic N) is 3. The molecule has 142 valence electrons. The number of benzene rings is 1. The lowest BCUT2D eigenvalue weighted by atomic mass is 9.86. The summed E-state index contributed by atoms with van der Waals surface area (Å²) in [5, 5.41) is 7.75. The smallest absolute Gasteiger partial charge is 0.250 e. The van der Waals surface area contributed by atoms with Crippen molar-refractivity contribution in [3.8, 4) is 5.75 Å². The lowest BCUT2D eigenvalue weighted by molar-refractivity contribution is -0.143. The molecule has 0 aliphatic carbocycles. The highest BCUT2D eigenvalue weighted by molar-refractivity contribution is 5.85. The Morgan fingerprint density at radius 2 is 2.00 bits per heavy atom. The molecule has 2 aromatic rings. The molecule has 6 nitrogen and oxygen atoms in total. The molecule has 0 spiro atoms.